The molecule has 0 fully saturated rings. The van der Waals surface area contributed by atoms with Crippen LogP contribution in [0.2, 0.25) is 0 Å². The van der Waals surface area contributed by atoms with Crippen molar-refractivity contribution in [3.05, 3.63) is 64.1 Å². The summed E-state index contributed by atoms with van der Waals surface area (Å²) >= 11 is 3.40. The van der Waals surface area contributed by atoms with E-state index in [4.69, 9.17) is 0 Å². The molecule has 3 rings (SSSR count). The van der Waals surface area contributed by atoms with E-state index >= 15 is 0 Å². The van der Waals surface area contributed by atoms with Crippen LogP contribution in [0, 0.1) is 5.92 Å². The molecule has 0 saturated carbocycles. The highest BCUT2D eigenvalue weighted by atomic mass is 79.9. The predicted molar refractivity (Wildman–Crippen MR) is 90.0 cm³/mol. The highest BCUT2D eigenvalue weighted by Crippen LogP contribution is 2.29. The van der Waals surface area contributed by atoms with E-state index in [0.29, 0.717) is 12.5 Å². The van der Waals surface area contributed by atoms with Gasteiger partial charge in [0.05, 0.1) is 6.54 Å². The number of nitrogens with zero attached hydrogens (tertiary/aromatic N) is 1. The van der Waals surface area contributed by atoms with E-state index in [9.17, 15) is 4.79 Å². The molecule has 0 bridgehead atoms. The molecule has 0 spiro atoms. The van der Waals surface area contributed by atoms with Crippen molar-refractivity contribution in [1.82, 2.24) is 0 Å². The number of anilines is 1. The van der Waals surface area contributed by atoms with Gasteiger partial charge in [-0.15, -0.1) is 0 Å². The predicted octanol–water partition coefficient (Wildman–Crippen LogP) is 4.33. The van der Waals surface area contributed by atoms with E-state index in [1.165, 1.54) is 11.3 Å². The third-order valence-electron chi connectivity index (χ3n) is 3.93. The van der Waals surface area contributed by atoms with E-state index in [2.05, 4.69) is 46.0 Å². The monoisotopic (exact) mass is 343 g/mol. The number of para-hydroxylation sites is 1. The first-order valence-electron chi connectivity index (χ1n) is 7.25. The molecule has 0 radical (unpaired) electrons. The van der Waals surface area contributed by atoms with Crippen LogP contribution in [-0.4, -0.2) is 18.9 Å². The lowest BCUT2D eigenvalue weighted by Crippen LogP contribution is -2.38. The van der Waals surface area contributed by atoms with Gasteiger partial charge in [-0.3, -0.25) is 4.79 Å². The summed E-state index contributed by atoms with van der Waals surface area (Å²) in [4.78, 5) is 14.7. The fourth-order valence-electron chi connectivity index (χ4n) is 2.96. The van der Waals surface area contributed by atoms with Crippen LogP contribution in [0.1, 0.15) is 22.8 Å². The number of hydrogen-bond donors (Lipinski definition) is 0. The second-order valence-electron chi connectivity index (χ2n) is 5.75. The van der Waals surface area contributed by atoms with Crippen LogP contribution in [0.4, 0.5) is 5.69 Å². The van der Waals surface area contributed by atoms with E-state index in [0.717, 1.165) is 23.0 Å². The van der Waals surface area contributed by atoms with Gasteiger partial charge in [0.1, 0.15) is 0 Å². The maximum absolute atomic E-state index is 12.5. The molecule has 0 aliphatic carbocycles. The molecule has 2 aromatic rings. The zero-order valence-corrected chi connectivity index (χ0v) is 13.6. The fourth-order valence-corrected chi connectivity index (χ4v) is 3.22. The van der Waals surface area contributed by atoms with E-state index < -0.39 is 0 Å². The topological polar surface area (TPSA) is 20.3 Å². The zero-order valence-electron chi connectivity index (χ0n) is 12.1. The lowest BCUT2D eigenvalue weighted by Gasteiger charge is -2.34. The van der Waals surface area contributed by atoms with E-state index in [-0.39, 0.29) is 5.78 Å². The maximum atomic E-state index is 12.5. The quantitative estimate of drug-likeness (QED) is 0.773. The molecule has 1 atom stereocenters. The first kappa shape index (κ1) is 14.3. The van der Waals surface area contributed by atoms with Crippen molar-refractivity contribution in [2.24, 2.45) is 5.92 Å². The third-order valence-corrected chi connectivity index (χ3v) is 4.46. The van der Waals surface area contributed by atoms with Gasteiger partial charge in [0.25, 0.3) is 0 Å². The van der Waals surface area contributed by atoms with Gasteiger partial charge in [-0.1, -0.05) is 53.2 Å². The highest BCUT2D eigenvalue weighted by Gasteiger charge is 2.23. The molecular formula is C18H18BrNO. The standard InChI is InChI=1S/C18H18BrNO/c1-13-10-15-4-2-3-5-17(15)20(11-13)12-18(21)14-6-8-16(19)9-7-14/h2-9,13H,10-12H2,1H3. The minimum Gasteiger partial charge on any atom is -0.363 e. The Bertz CT molecular complexity index is 651. The van der Waals surface area contributed by atoms with Crippen molar-refractivity contribution in [2.45, 2.75) is 13.3 Å². The molecule has 0 saturated heterocycles. The summed E-state index contributed by atoms with van der Waals surface area (Å²) in [6.45, 7) is 3.63. The third kappa shape index (κ3) is 3.18. The Labute approximate surface area is 133 Å². The minimum atomic E-state index is 0.173. The fraction of sp³-hybridized carbons (Fsp3) is 0.278. The van der Waals surface area contributed by atoms with Crippen LogP contribution in [0.5, 0.6) is 0 Å². The highest BCUT2D eigenvalue weighted by molar-refractivity contribution is 9.10. The van der Waals surface area contributed by atoms with E-state index in [1.807, 2.05) is 30.3 Å². The van der Waals surface area contributed by atoms with Gasteiger partial charge in [-0.05, 0) is 36.1 Å². The van der Waals surface area contributed by atoms with Crippen LogP contribution in [0.15, 0.2) is 53.0 Å². The number of carbonyl (C=O) groups excluding carboxylic acids is 1. The Morgan fingerprint density at radius 2 is 1.90 bits per heavy atom. The molecule has 2 aromatic carbocycles. The summed E-state index contributed by atoms with van der Waals surface area (Å²) in [5.41, 5.74) is 3.33. The average Bonchev–Trinajstić information content (AvgIpc) is 2.47. The maximum Gasteiger partial charge on any atom is 0.182 e. The van der Waals surface area contributed by atoms with Gasteiger partial charge in [-0.25, -0.2) is 0 Å². The number of halogens is 1. The smallest absolute Gasteiger partial charge is 0.182 e. The normalized spacial score (nSPS) is 17.4. The zero-order chi connectivity index (χ0) is 14.8. The lowest BCUT2D eigenvalue weighted by molar-refractivity contribution is 0.0998. The lowest BCUT2D eigenvalue weighted by atomic mass is 9.93. The number of benzene rings is 2. The van der Waals surface area contributed by atoms with Gasteiger partial charge >= 0.3 is 0 Å². The minimum absolute atomic E-state index is 0.173. The van der Waals surface area contributed by atoms with Gasteiger partial charge < -0.3 is 4.90 Å². The summed E-state index contributed by atoms with van der Waals surface area (Å²) in [5, 5.41) is 0. The second-order valence-corrected chi connectivity index (χ2v) is 6.66. The molecule has 21 heavy (non-hydrogen) atoms. The largest absolute Gasteiger partial charge is 0.363 e. The summed E-state index contributed by atoms with van der Waals surface area (Å²) in [7, 11) is 0. The van der Waals surface area contributed by atoms with Crippen LogP contribution >= 0.6 is 15.9 Å². The van der Waals surface area contributed by atoms with Crippen molar-refractivity contribution in [1.29, 1.82) is 0 Å². The molecule has 0 amide bonds. The Hall–Kier alpha value is -1.61. The number of hydrogen-bond acceptors (Lipinski definition) is 2. The van der Waals surface area contributed by atoms with Crippen molar-refractivity contribution in [3.8, 4) is 0 Å². The van der Waals surface area contributed by atoms with Crippen molar-refractivity contribution in [3.63, 3.8) is 0 Å². The van der Waals surface area contributed by atoms with Crippen LogP contribution in [-0.2, 0) is 6.42 Å². The number of ketones is 1. The molecule has 1 unspecified atom stereocenters. The summed E-state index contributed by atoms with van der Waals surface area (Å²) in [6.07, 6.45) is 1.10. The van der Waals surface area contributed by atoms with Gasteiger partial charge in [0.2, 0.25) is 0 Å². The average molecular weight is 344 g/mol. The summed E-state index contributed by atoms with van der Waals surface area (Å²) in [5.74, 6) is 0.754. The molecule has 1 aliphatic rings. The summed E-state index contributed by atoms with van der Waals surface area (Å²) in [6, 6.07) is 16.0. The number of Topliss-reactive ketones (excluding diaryl/α,β-unsaturated/α-hetero) is 1. The first-order chi connectivity index (χ1) is 10.1. The van der Waals surface area contributed by atoms with Crippen LogP contribution in [0.25, 0.3) is 0 Å². The van der Waals surface area contributed by atoms with Gasteiger partial charge in [0.15, 0.2) is 5.78 Å². The molecule has 108 valence electrons. The molecule has 3 heteroatoms. The van der Waals surface area contributed by atoms with Gasteiger partial charge in [0, 0.05) is 22.3 Å². The number of rotatable bonds is 3. The van der Waals surface area contributed by atoms with Gasteiger partial charge in [-0.2, -0.15) is 0 Å². The molecule has 1 heterocycles. The SMILES string of the molecule is CC1Cc2ccccc2N(CC(=O)c2ccc(Br)cc2)C1. The molecule has 0 N–H and O–H groups in total. The Morgan fingerprint density at radius 3 is 2.67 bits per heavy atom. The van der Waals surface area contributed by atoms with Crippen LogP contribution in [0.3, 0.4) is 0 Å². The van der Waals surface area contributed by atoms with Crippen molar-refractivity contribution >= 4 is 27.4 Å². The van der Waals surface area contributed by atoms with Crippen molar-refractivity contribution < 1.29 is 4.79 Å². The molecular weight excluding hydrogens is 326 g/mol. The Morgan fingerprint density at radius 1 is 1.19 bits per heavy atom. The molecule has 2 nitrogen and oxygen atoms in total. The van der Waals surface area contributed by atoms with Crippen LogP contribution < -0.4 is 4.90 Å². The Kier molecular flexibility index (Phi) is 4.11. The second kappa shape index (κ2) is 6.02. The first-order valence-corrected chi connectivity index (χ1v) is 8.04. The summed E-state index contributed by atoms with van der Waals surface area (Å²) < 4.78 is 0.996. The Balaban J connectivity index is 1.81. The molecule has 1 aliphatic heterocycles. The molecule has 0 aromatic heterocycles. The van der Waals surface area contributed by atoms with E-state index in [1.54, 1.807) is 0 Å². The van der Waals surface area contributed by atoms with Crippen molar-refractivity contribution in [2.75, 3.05) is 18.0 Å². The number of fused-ring (bicyclic) bond motifs is 1. The number of carbonyl (C=O) groups is 1.